The third kappa shape index (κ3) is 3.32. The first-order chi connectivity index (χ1) is 9.47. The van der Waals surface area contributed by atoms with Crippen LogP contribution in [0.3, 0.4) is 0 Å². The van der Waals surface area contributed by atoms with Gasteiger partial charge in [-0.25, -0.2) is 4.98 Å². The van der Waals surface area contributed by atoms with Gasteiger partial charge < -0.3 is 15.3 Å². The lowest BCUT2D eigenvalue weighted by Gasteiger charge is -2.30. The quantitative estimate of drug-likeness (QED) is 0.868. The van der Waals surface area contributed by atoms with Gasteiger partial charge in [0.25, 0.3) is 5.91 Å². The molecule has 0 aliphatic carbocycles. The third-order valence-electron chi connectivity index (χ3n) is 3.06. The number of likely N-dealkylation sites (tertiary alicyclic amines) is 1. The first kappa shape index (κ1) is 14.4. The molecule has 0 radical (unpaired) electrons. The van der Waals surface area contributed by atoms with Crippen LogP contribution < -0.4 is 5.32 Å². The first-order valence-corrected chi connectivity index (χ1v) is 7.10. The maximum atomic E-state index is 12.2. The van der Waals surface area contributed by atoms with Crippen LogP contribution in [0.2, 0.25) is 0 Å². The number of anilines is 1. The molecule has 20 heavy (non-hydrogen) atoms. The van der Waals surface area contributed by atoms with E-state index in [1.165, 1.54) is 23.2 Å². The summed E-state index contributed by atoms with van der Waals surface area (Å²) in [5.74, 6) is -1.92. The number of carboxylic acids is 1. The van der Waals surface area contributed by atoms with Crippen molar-refractivity contribution in [1.82, 2.24) is 9.88 Å². The van der Waals surface area contributed by atoms with Gasteiger partial charge in [-0.2, -0.15) is 0 Å². The fraction of sp³-hybridized carbons (Fsp3) is 0.500. The molecule has 108 valence electrons. The topological polar surface area (TPSA) is 99.6 Å². The van der Waals surface area contributed by atoms with Crippen LogP contribution in [0.4, 0.5) is 5.13 Å². The number of rotatable bonds is 3. The Hall–Kier alpha value is -1.96. The molecule has 1 aliphatic heterocycles. The monoisotopic (exact) mass is 297 g/mol. The van der Waals surface area contributed by atoms with Crippen molar-refractivity contribution in [3.63, 3.8) is 0 Å². The van der Waals surface area contributed by atoms with Crippen LogP contribution in [-0.4, -0.2) is 45.9 Å². The molecule has 1 saturated heterocycles. The van der Waals surface area contributed by atoms with Gasteiger partial charge in [-0.05, 0) is 12.8 Å². The highest BCUT2D eigenvalue weighted by molar-refractivity contribution is 7.14. The molecule has 1 unspecified atom stereocenters. The minimum Gasteiger partial charge on any atom is -0.481 e. The lowest BCUT2D eigenvalue weighted by Crippen LogP contribution is -2.42. The minimum absolute atomic E-state index is 0.209. The number of carbonyl (C=O) groups excluding carboxylic acids is 2. The molecule has 2 amide bonds. The lowest BCUT2D eigenvalue weighted by molar-refractivity contribution is -0.143. The van der Waals surface area contributed by atoms with E-state index in [-0.39, 0.29) is 24.1 Å². The number of hydrogen-bond acceptors (Lipinski definition) is 5. The summed E-state index contributed by atoms with van der Waals surface area (Å²) in [4.78, 5) is 39.7. The van der Waals surface area contributed by atoms with Gasteiger partial charge in [0, 0.05) is 25.4 Å². The maximum absolute atomic E-state index is 12.2. The van der Waals surface area contributed by atoms with Crippen molar-refractivity contribution >= 4 is 34.3 Å². The summed E-state index contributed by atoms with van der Waals surface area (Å²) in [5, 5.41) is 13.5. The first-order valence-electron chi connectivity index (χ1n) is 6.22. The van der Waals surface area contributed by atoms with Crippen molar-refractivity contribution in [3.8, 4) is 0 Å². The summed E-state index contributed by atoms with van der Waals surface area (Å²) in [6, 6.07) is 0. The van der Waals surface area contributed by atoms with E-state index in [2.05, 4.69) is 10.3 Å². The van der Waals surface area contributed by atoms with Gasteiger partial charge in [0.2, 0.25) is 5.91 Å². The number of hydrogen-bond donors (Lipinski definition) is 2. The molecule has 8 heteroatoms. The summed E-state index contributed by atoms with van der Waals surface area (Å²) in [6.07, 6.45) is 1.26. The second-order valence-electron chi connectivity index (χ2n) is 4.65. The van der Waals surface area contributed by atoms with Crippen LogP contribution in [0, 0.1) is 5.92 Å². The summed E-state index contributed by atoms with van der Waals surface area (Å²) in [7, 11) is 0. The van der Waals surface area contributed by atoms with Crippen molar-refractivity contribution < 1.29 is 19.5 Å². The summed E-state index contributed by atoms with van der Waals surface area (Å²) in [5.41, 5.74) is 0.241. The number of thiazole rings is 1. The number of carboxylic acid groups (broad SMARTS) is 1. The molecule has 0 aromatic carbocycles. The molecule has 1 aliphatic rings. The van der Waals surface area contributed by atoms with Crippen LogP contribution in [0.25, 0.3) is 0 Å². The molecule has 0 spiro atoms. The lowest BCUT2D eigenvalue weighted by atomic mass is 9.98. The van der Waals surface area contributed by atoms with Gasteiger partial charge >= 0.3 is 5.97 Å². The number of amides is 2. The fourth-order valence-corrected chi connectivity index (χ4v) is 2.84. The van der Waals surface area contributed by atoms with E-state index in [0.29, 0.717) is 24.5 Å². The second-order valence-corrected chi connectivity index (χ2v) is 5.51. The van der Waals surface area contributed by atoms with Crippen LogP contribution >= 0.6 is 11.3 Å². The predicted molar refractivity (Wildman–Crippen MR) is 72.7 cm³/mol. The van der Waals surface area contributed by atoms with Crippen molar-refractivity contribution in [3.05, 3.63) is 11.1 Å². The number of piperidine rings is 1. The van der Waals surface area contributed by atoms with Crippen molar-refractivity contribution in [2.75, 3.05) is 18.4 Å². The standard InChI is InChI=1S/C12H15N3O4S/c1-7(16)13-12-14-9(6-20-12)10(17)15-4-2-3-8(5-15)11(18)19/h6,8H,2-5H2,1H3,(H,18,19)(H,13,14,16). The largest absolute Gasteiger partial charge is 0.481 e. The molecule has 2 N–H and O–H groups in total. The highest BCUT2D eigenvalue weighted by Gasteiger charge is 2.29. The Bertz CT molecular complexity index is 543. The zero-order valence-electron chi connectivity index (χ0n) is 11.0. The van der Waals surface area contributed by atoms with E-state index in [0.717, 1.165) is 0 Å². The Kier molecular flexibility index (Phi) is 4.33. The molecule has 7 nitrogen and oxygen atoms in total. The Morgan fingerprint density at radius 2 is 2.25 bits per heavy atom. The van der Waals surface area contributed by atoms with Gasteiger partial charge in [0.1, 0.15) is 5.69 Å². The van der Waals surface area contributed by atoms with Gasteiger partial charge in [0.05, 0.1) is 5.92 Å². The van der Waals surface area contributed by atoms with E-state index in [9.17, 15) is 14.4 Å². The van der Waals surface area contributed by atoms with Crippen LogP contribution in [-0.2, 0) is 9.59 Å². The Balaban J connectivity index is 2.05. The average molecular weight is 297 g/mol. The van der Waals surface area contributed by atoms with Gasteiger partial charge in [-0.15, -0.1) is 11.3 Å². The molecular formula is C12H15N3O4S. The van der Waals surface area contributed by atoms with E-state index in [4.69, 9.17) is 5.11 Å². The molecule has 1 atom stereocenters. The molecular weight excluding hydrogens is 282 g/mol. The minimum atomic E-state index is -0.875. The van der Waals surface area contributed by atoms with E-state index < -0.39 is 11.9 Å². The van der Waals surface area contributed by atoms with E-state index in [1.807, 2.05) is 0 Å². The second kappa shape index (κ2) is 6.00. The number of aromatic nitrogens is 1. The van der Waals surface area contributed by atoms with E-state index >= 15 is 0 Å². The Morgan fingerprint density at radius 3 is 2.90 bits per heavy atom. The van der Waals surface area contributed by atoms with E-state index in [1.54, 1.807) is 5.38 Å². The molecule has 0 bridgehead atoms. The van der Waals surface area contributed by atoms with Crippen LogP contribution in [0.1, 0.15) is 30.3 Å². The molecule has 1 fully saturated rings. The van der Waals surface area contributed by atoms with Crippen LogP contribution in [0.5, 0.6) is 0 Å². The molecule has 1 aromatic rings. The highest BCUT2D eigenvalue weighted by atomic mass is 32.1. The molecule has 0 saturated carbocycles. The zero-order chi connectivity index (χ0) is 14.7. The maximum Gasteiger partial charge on any atom is 0.308 e. The average Bonchev–Trinajstić information content (AvgIpc) is 2.85. The van der Waals surface area contributed by atoms with Gasteiger partial charge in [-0.3, -0.25) is 14.4 Å². The number of nitrogens with zero attached hydrogens (tertiary/aromatic N) is 2. The van der Waals surface area contributed by atoms with Crippen molar-refractivity contribution in [2.24, 2.45) is 5.92 Å². The number of carbonyl (C=O) groups is 3. The van der Waals surface area contributed by atoms with Crippen LogP contribution in [0.15, 0.2) is 5.38 Å². The Morgan fingerprint density at radius 1 is 1.50 bits per heavy atom. The van der Waals surface area contributed by atoms with Gasteiger partial charge in [0.15, 0.2) is 5.13 Å². The highest BCUT2D eigenvalue weighted by Crippen LogP contribution is 2.21. The van der Waals surface area contributed by atoms with Gasteiger partial charge in [-0.1, -0.05) is 0 Å². The zero-order valence-corrected chi connectivity index (χ0v) is 11.8. The summed E-state index contributed by atoms with van der Waals surface area (Å²) < 4.78 is 0. The smallest absolute Gasteiger partial charge is 0.308 e. The van der Waals surface area contributed by atoms with Crippen molar-refractivity contribution in [2.45, 2.75) is 19.8 Å². The predicted octanol–water partition coefficient (Wildman–Crippen LogP) is 1.04. The number of aliphatic carboxylic acids is 1. The molecule has 2 rings (SSSR count). The SMILES string of the molecule is CC(=O)Nc1nc(C(=O)N2CCCC(C(=O)O)C2)cs1. The molecule has 2 heterocycles. The summed E-state index contributed by atoms with van der Waals surface area (Å²) in [6.45, 7) is 2.11. The number of nitrogens with one attached hydrogen (secondary N) is 1. The fourth-order valence-electron chi connectivity index (χ4n) is 2.11. The molecule has 1 aromatic heterocycles. The third-order valence-corrected chi connectivity index (χ3v) is 3.82. The summed E-state index contributed by atoms with van der Waals surface area (Å²) >= 11 is 1.17. The Labute approximate surface area is 119 Å². The normalized spacial score (nSPS) is 18.6. The van der Waals surface area contributed by atoms with Crippen molar-refractivity contribution in [1.29, 1.82) is 0 Å².